The second kappa shape index (κ2) is 11.4. The van der Waals surface area contributed by atoms with E-state index in [1.165, 1.54) is 31.4 Å². The average Bonchev–Trinajstić information content (AvgIpc) is 3.16. The van der Waals surface area contributed by atoms with Crippen LogP contribution in [0.5, 0.6) is 5.75 Å². The maximum Gasteiger partial charge on any atom is 0.319 e. The lowest BCUT2D eigenvalue weighted by Crippen LogP contribution is -2.45. The molecule has 34 heavy (non-hydrogen) atoms. The van der Waals surface area contributed by atoms with Crippen LogP contribution in [0, 0.1) is 17.5 Å². The van der Waals surface area contributed by atoms with E-state index >= 15 is 0 Å². The number of rotatable bonds is 8. The van der Waals surface area contributed by atoms with E-state index in [1.807, 2.05) is 0 Å². The first-order valence-corrected chi connectivity index (χ1v) is 10.6. The first-order chi connectivity index (χ1) is 16.3. The fourth-order valence-corrected chi connectivity index (χ4v) is 3.60. The maximum atomic E-state index is 14.8. The van der Waals surface area contributed by atoms with E-state index in [1.54, 1.807) is 6.92 Å². The predicted molar refractivity (Wildman–Crippen MR) is 120 cm³/mol. The molecule has 1 unspecified atom stereocenters. The van der Waals surface area contributed by atoms with Gasteiger partial charge in [0.1, 0.15) is 29.0 Å². The number of nitrogens with zero attached hydrogens (tertiary/aromatic N) is 1. The van der Waals surface area contributed by atoms with Crippen molar-refractivity contribution in [1.82, 2.24) is 10.6 Å². The quantitative estimate of drug-likeness (QED) is 0.506. The number of methoxy groups -OCH3 is 1. The van der Waals surface area contributed by atoms with Crippen LogP contribution in [0.25, 0.3) is 0 Å². The number of amides is 2. The molecular weight excluding hydrogens is 453 g/mol. The molecule has 0 spiro atoms. The molecule has 2 amide bonds. The molecule has 8 nitrogen and oxygen atoms in total. The number of benzene rings is 2. The number of amidine groups is 1. The number of anilines is 1. The van der Waals surface area contributed by atoms with Gasteiger partial charge in [0.25, 0.3) is 0 Å². The van der Waals surface area contributed by atoms with E-state index in [9.17, 15) is 22.8 Å². The van der Waals surface area contributed by atoms with E-state index in [0.717, 1.165) is 12.1 Å². The van der Waals surface area contributed by atoms with Crippen LogP contribution in [0.4, 0.5) is 23.7 Å². The van der Waals surface area contributed by atoms with Gasteiger partial charge in [-0.05, 0) is 31.2 Å². The van der Waals surface area contributed by atoms with Gasteiger partial charge in [0.05, 0.1) is 32.7 Å². The standard InChI is InChI=1S/C23H25F3N4O4/c1-3-34-19(31)8-9-27-22-21(30-23(32)29-14-6-4-13(24)5-7-14)16(12-28-22)20-17(25)10-15(33-2)11-18(20)26/h4-7,10-11,16,21H,3,8-9,12H2,1-2H3,(H,27,28)(H2,29,30,32)/t16-,21?/m0/s1. The Morgan fingerprint density at radius 2 is 1.82 bits per heavy atom. The Hall–Kier alpha value is -3.76. The predicted octanol–water partition coefficient (Wildman–Crippen LogP) is 3.34. The number of halogens is 3. The van der Waals surface area contributed by atoms with Crippen molar-refractivity contribution < 1.29 is 32.2 Å². The topological polar surface area (TPSA) is 101 Å². The van der Waals surface area contributed by atoms with Crippen LogP contribution >= 0.6 is 0 Å². The van der Waals surface area contributed by atoms with E-state index < -0.39 is 41.4 Å². The lowest BCUT2D eigenvalue weighted by Gasteiger charge is -2.22. The number of aliphatic imine (C=N–C) groups is 1. The Labute approximate surface area is 194 Å². The molecule has 0 aliphatic carbocycles. The molecule has 11 heteroatoms. The van der Waals surface area contributed by atoms with E-state index in [0.29, 0.717) is 5.69 Å². The minimum atomic E-state index is -0.931. The van der Waals surface area contributed by atoms with Gasteiger partial charge < -0.3 is 25.4 Å². The lowest BCUT2D eigenvalue weighted by atomic mass is 9.92. The molecule has 0 aromatic heterocycles. The molecule has 0 saturated carbocycles. The van der Waals surface area contributed by atoms with Gasteiger partial charge in [-0.3, -0.25) is 9.79 Å². The van der Waals surface area contributed by atoms with Crippen molar-refractivity contribution in [2.45, 2.75) is 25.3 Å². The molecule has 1 heterocycles. The van der Waals surface area contributed by atoms with Crippen LogP contribution in [0.3, 0.4) is 0 Å². The average molecular weight is 478 g/mol. The summed E-state index contributed by atoms with van der Waals surface area (Å²) >= 11 is 0. The van der Waals surface area contributed by atoms with Crippen LogP contribution in [-0.2, 0) is 9.53 Å². The first kappa shape index (κ1) is 24.9. The highest BCUT2D eigenvalue weighted by atomic mass is 19.1. The molecule has 2 aromatic rings. The van der Waals surface area contributed by atoms with Gasteiger partial charge >= 0.3 is 12.0 Å². The van der Waals surface area contributed by atoms with Crippen molar-refractivity contribution in [2.75, 3.05) is 32.1 Å². The van der Waals surface area contributed by atoms with Crippen molar-refractivity contribution in [1.29, 1.82) is 0 Å². The molecule has 1 aliphatic rings. The third-order valence-corrected chi connectivity index (χ3v) is 5.15. The summed E-state index contributed by atoms with van der Waals surface area (Å²) in [5.41, 5.74) is 0.0833. The molecule has 1 fully saturated rings. The highest BCUT2D eigenvalue weighted by molar-refractivity contribution is 5.97. The molecule has 3 N–H and O–H groups in total. The maximum absolute atomic E-state index is 14.8. The summed E-state index contributed by atoms with van der Waals surface area (Å²) in [7, 11) is 1.30. The van der Waals surface area contributed by atoms with E-state index in [2.05, 4.69) is 20.9 Å². The highest BCUT2D eigenvalue weighted by Crippen LogP contribution is 2.31. The van der Waals surface area contributed by atoms with Gasteiger partial charge in [0.2, 0.25) is 0 Å². The largest absolute Gasteiger partial charge is 0.497 e. The van der Waals surface area contributed by atoms with E-state index in [4.69, 9.17) is 9.47 Å². The van der Waals surface area contributed by atoms with Gasteiger partial charge in [0, 0.05) is 35.8 Å². The summed E-state index contributed by atoms with van der Waals surface area (Å²) in [5, 5.41) is 8.18. The minimum Gasteiger partial charge on any atom is -0.497 e. The second-order valence-electron chi connectivity index (χ2n) is 7.40. The van der Waals surface area contributed by atoms with Gasteiger partial charge in [-0.1, -0.05) is 0 Å². The zero-order valence-corrected chi connectivity index (χ0v) is 18.7. The first-order valence-electron chi connectivity index (χ1n) is 10.6. The van der Waals surface area contributed by atoms with Crippen LogP contribution in [-0.4, -0.2) is 50.7 Å². The monoisotopic (exact) mass is 478 g/mol. The van der Waals surface area contributed by atoms with E-state index in [-0.39, 0.29) is 43.3 Å². The number of carbonyl (C=O) groups excluding carboxylic acids is 2. The minimum absolute atomic E-state index is 0.00341. The molecule has 182 valence electrons. The van der Waals surface area contributed by atoms with Crippen LogP contribution in [0.15, 0.2) is 41.4 Å². The lowest BCUT2D eigenvalue weighted by molar-refractivity contribution is -0.142. The summed E-state index contributed by atoms with van der Waals surface area (Å²) in [5.74, 6) is -3.12. The SMILES string of the molecule is CCOC(=O)CC/N=C1\NC[C@@H](c2c(F)cc(OC)cc2F)C1NC(=O)Nc1ccc(F)cc1. The number of urea groups is 1. The van der Waals surface area contributed by atoms with Crippen molar-refractivity contribution in [3.8, 4) is 5.75 Å². The zero-order valence-electron chi connectivity index (χ0n) is 18.7. The summed E-state index contributed by atoms with van der Waals surface area (Å²) in [6.07, 6.45) is 0.00341. The molecule has 3 rings (SSSR count). The number of hydrogen-bond donors (Lipinski definition) is 3. The summed E-state index contributed by atoms with van der Waals surface area (Å²) in [6, 6.07) is 5.61. The van der Waals surface area contributed by atoms with Gasteiger partial charge in [-0.2, -0.15) is 0 Å². The van der Waals surface area contributed by atoms with Crippen molar-refractivity contribution in [3.05, 3.63) is 59.4 Å². The van der Waals surface area contributed by atoms with Crippen LogP contribution < -0.4 is 20.7 Å². The Kier molecular flexibility index (Phi) is 8.34. The molecule has 0 radical (unpaired) electrons. The molecule has 2 atom stereocenters. The fraction of sp³-hybridized carbons (Fsp3) is 0.348. The van der Waals surface area contributed by atoms with Crippen LogP contribution in [0.1, 0.15) is 24.8 Å². The molecule has 2 aromatic carbocycles. The number of esters is 1. The Bertz CT molecular complexity index is 1040. The van der Waals surface area contributed by atoms with Gasteiger partial charge in [-0.15, -0.1) is 0 Å². The summed E-state index contributed by atoms with van der Waals surface area (Å²) in [6.45, 7) is 2.06. The van der Waals surface area contributed by atoms with Crippen molar-refractivity contribution in [3.63, 3.8) is 0 Å². The molecule has 1 saturated heterocycles. The van der Waals surface area contributed by atoms with Crippen molar-refractivity contribution in [2.24, 2.45) is 4.99 Å². The smallest absolute Gasteiger partial charge is 0.319 e. The third kappa shape index (κ3) is 6.18. The third-order valence-electron chi connectivity index (χ3n) is 5.15. The Morgan fingerprint density at radius 1 is 1.15 bits per heavy atom. The number of hydrogen-bond acceptors (Lipinski definition) is 5. The molecular formula is C23H25F3N4O4. The number of carbonyl (C=O) groups is 2. The second-order valence-corrected chi connectivity index (χ2v) is 7.40. The van der Waals surface area contributed by atoms with Gasteiger partial charge in [-0.25, -0.2) is 18.0 Å². The zero-order chi connectivity index (χ0) is 24.7. The highest BCUT2D eigenvalue weighted by Gasteiger charge is 2.38. The fourth-order valence-electron chi connectivity index (χ4n) is 3.60. The summed E-state index contributed by atoms with van der Waals surface area (Å²) < 4.78 is 52.5. The number of ether oxygens (including phenoxy) is 2. The van der Waals surface area contributed by atoms with Gasteiger partial charge in [0.15, 0.2) is 0 Å². The van der Waals surface area contributed by atoms with Crippen molar-refractivity contribution >= 4 is 23.5 Å². The summed E-state index contributed by atoms with van der Waals surface area (Å²) in [4.78, 5) is 28.6. The Morgan fingerprint density at radius 3 is 2.44 bits per heavy atom. The molecule has 0 bridgehead atoms. The van der Waals surface area contributed by atoms with Crippen LogP contribution in [0.2, 0.25) is 0 Å². The molecule has 1 aliphatic heterocycles. The normalized spacial score (nSPS) is 18.3. The number of nitrogens with one attached hydrogen (secondary N) is 3. The Balaban J connectivity index is 1.84.